The summed E-state index contributed by atoms with van der Waals surface area (Å²) in [6, 6.07) is 2.07. The molecule has 0 saturated heterocycles. The Kier molecular flexibility index (Phi) is 11.1. The van der Waals surface area contributed by atoms with Crippen LogP contribution in [0.5, 0.6) is 0 Å². The van der Waals surface area contributed by atoms with Gasteiger partial charge < -0.3 is 15.5 Å². The third kappa shape index (κ3) is 8.81. The van der Waals surface area contributed by atoms with Crippen molar-refractivity contribution in [2.45, 2.75) is 65.3 Å². The van der Waals surface area contributed by atoms with Gasteiger partial charge >= 0.3 is 0 Å². The maximum Gasteiger partial charge on any atom is 0.248 e. The molecule has 0 aliphatic heterocycles. The number of thiazole rings is 1. The van der Waals surface area contributed by atoms with Crippen molar-refractivity contribution in [1.82, 2.24) is 15.2 Å². The monoisotopic (exact) mass is 494 g/mol. The van der Waals surface area contributed by atoms with Gasteiger partial charge in [0.15, 0.2) is 5.13 Å². The van der Waals surface area contributed by atoms with E-state index in [-0.39, 0.29) is 24.3 Å². The van der Waals surface area contributed by atoms with Crippen LogP contribution in [0.15, 0.2) is 23.6 Å². The first-order valence-electron chi connectivity index (χ1n) is 11.5. The van der Waals surface area contributed by atoms with Crippen LogP contribution in [-0.2, 0) is 27.2 Å². The Morgan fingerprint density at radius 2 is 1.76 bits per heavy atom. The minimum atomic E-state index is -0.825. The van der Waals surface area contributed by atoms with Crippen molar-refractivity contribution >= 4 is 34.2 Å². The molecule has 2 rings (SSSR count). The normalized spacial score (nSPS) is 11.7. The quantitative estimate of drug-likeness (QED) is 0.439. The second-order valence-corrected chi connectivity index (χ2v) is 8.86. The van der Waals surface area contributed by atoms with E-state index < -0.39 is 29.5 Å². The maximum absolute atomic E-state index is 13.4. The molecule has 1 atom stereocenters. The number of nitrogens with one attached hydrogen (secondary N) is 2. The molecule has 3 amide bonds. The molecule has 1 heterocycles. The number of anilines is 1. The van der Waals surface area contributed by atoms with Crippen LogP contribution in [0.1, 0.15) is 57.7 Å². The Morgan fingerprint density at radius 3 is 2.38 bits per heavy atom. The predicted octanol–water partition coefficient (Wildman–Crippen LogP) is 4.08. The van der Waals surface area contributed by atoms with Gasteiger partial charge in [0.05, 0.1) is 18.5 Å². The first-order chi connectivity index (χ1) is 16.2. The van der Waals surface area contributed by atoms with Gasteiger partial charge in [-0.1, -0.05) is 26.7 Å². The number of hydrogen-bond acceptors (Lipinski definition) is 5. The average Bonchev–Trinajstić information content (AvgIpc) is 3.19. The highest BCUT2D eigenvalue weighted by Gasteiger charge is 2.22. The summed E-state index contributed by atoms with van der Waals surface area (Å²) >= 11 is 1.21. The minimum Gasteiger partial charge on any atom is -0.344 e. The zero-order valence-electron chi connectivity index (χ0n) is 19.8. The molecular weight excluding hydrogens is 462 g/mol. The number of nitrogens with zero attached hydrogens (tertiary/aromatic N) is 2. The van der Waals surface area contributed by atoms with Crippen LogP contribution in [0, 0.1) is 11.6 Å². The van der Waals surface area contributed by atoms with Crippen molar-refractivity contribution in [2.24, 2.45) is 0 Å². The van der Waals surface area contributed by atoms with Crippen molar-refractivity contribution in [3.63, 3.8) is 0 Å². The van der Waals surface area contributed by atoms with Gasteiger partial charge in [-0.25, -0.2) is 13.8 Å². The minimum absolute atomic E-state index is 0.0102. The number of benzene rings is 1. The summed E-state index contributed by atoms with van der Waals surface area (Å²) in [7, 11) is 0. The summed E-state index contributed by atoms with van der Waals surface area (Å²) in [4.78, 5) is 43.8. The number of hydrogen-bond donors (Lipinski definition) is 2. The largest absolute Gasteiger partial charge is 0.344 e. The van der Waals surface area contributed by atoms with Crippen LogP contribution in [-0.4, -0.2) is 46.7 Å². The standard InChI is InChI=1S/C24H32F2N4O3S/c1-4-7-9-30(6-3)22(32)14-19-15-34-24(27-19)29-23(33)20(8-5-2)28-21(31)12-16-10-17(25)13-18(26)11-16/h10-11,13,15,20H,4-9,12,14H2,1-3H3,(H,28,31)(H,27,29,33). The summed E-state index contributed by atoms with van der Waals surface area (Å²) in [6.07, 6.45) is 2.87. The summed E-state index contributed by atoms with van der Waals surface area (Å²) < 4.78 is 26.7. The highest BCUT2D eigenvalue weighted by atomic mass is 32.1. The summed E-state index contributed by atoms with van der Waals surface area (Å²) in [5.41, 5.74) is 0.754. The lowest BCUT2D eigenvalue weighted by Gasteiger charge is -2.20. The van der Waals surface area contributed by atoms with E-state index >= 15 is 0 Å². The number of aromatic nitrogens is 1. The molecule has 2 aromatic rings. The van der Waals surface area contributed by atoms with Gasteiger partial charge in [-0.05, 0) is 37.5 Å². The Morgan fingerprint density at radius 1 is 1.06 bits per heavy atom. The molecule has 0 aliphatic rings. The highest BCUT2D eigenvalue weighted by molar-refractivity contribution is 7.13. The van der Waals surface area contributed by atoms with Gasteiger partial charge in [0.25, 0.3) is 0 Å². The van der Waals surface area contributed by atoms with Gasteiger partial charge in [-0.15, -0.1) is 11.3 Å². The zero-order chi connectivity index (χ0) is 25.1. The molecule has 0 aliphatic carbocycles. The van der Waals surface area contributed by atoms with Crippen LogP contribution >= 0.6 is 11.3 Å². The Bertz CT molecular complexity index is 963. The fourth-order valence-corrected chi connectivity index (χ4v) is 4.13. The number of rotatable bonds is 13. The van der Waals surface area contributed by atoms with Crippen molar-refractivity contribution in [2.75, 3.05) is 18.4 Å². The molecule has 0 saturated carbocycles. The molecule has 1 aromatic heterocycles. The van der Waals surface area contributed by atoms with Gasteiger partial charge in [0, 0.05) is 24.5 Å². The topological polar surface area (TPSA) is 91.4 Å². The third-order valence-corrected chi connectivity index (χ3v) is 5.95. The van der Waals surface area contributed by atoms with E-state index in [0.29, 0.717) is 36.8 Å². The lowest BCUT2D eigenvalue weighted by Crippen LogP contribution is -2.44. The molecule has 34 heavy (non-hydrogen) atoms. The molecule has 0 fully saturated rings. The van der Waals surface area contributed by atoms with Gasteiger partial charge in [0.1, 0.15) is 17.7 Å². The van der Waals surface area contributed by atoms with Crippen molar-refractivity contribution in [3.05, 3.63) is 46.5 Å². The first-order valence-corrected chi connectivity index (χ1v) is 12.4. The first kappa shape index (κ1) is 27.4. The molecular formula is C24H32F2N4O3S. The molecule has 10 heteroatoms. The van der Waals surface area contributed by atoms with E-state index in [2.05, 4.69) is 22.5 Å². The molecule has 0 radical (unpaired) electrons. The van der Waals surface area contributed by atoms with Crippen LogP contribution in [0.3, 0.4) is 0 Å². The van der Waals surface area contributed by atoms with E-state index in [9.17, 15) is 23.2 Å². The van der Waals surface area contributed by atoms with Crippen molar-refractivity contribution in [1.29, 1.82) is 0 Å². The fraction of sp³-hybridized carbons (Fsp3) is 0.500. The number of halogens is 2. The summed E-state index contributed by atoms with van der Waals surface area (Å²) in [5.74, 6) is -2.50. The van der Waals surface area contributed by atoms with E-state index in [0.717, 1.165) is 31.0 Å². The number of unbranched alkanes of at least 4 members (excludes halogenated alkanes) is 1. The number of carbonyl (C=O) groups excluding carboxylic acids is 3. The SMILES string of the molecule is CCCCN(CC)C(=O)Cc1csc(NC(=O)C(CCC)NC(=O)Cc2cc(F)cc(F)c2)n1. The molecule has 1 aromatic carbocycles. The third-order valence-electron chi connectivity index (χ3n) is 5.15. The molecule has 186 valence electrons. The van der Waals surface area contributed by atoms with E-state index in [1.54, 1.807) is 10.3 Å². The van der Waals surface area contributed by atoms with E-state index in [1.165, 1.54) is 11.3 Å². The molecule has 7 nitrogen and oxygen atoms in total. The fourth-order valence-electron chi connectivity index (χ4n) is 3.41. The Labute approximate surface area is 202 Å². The summed E-state index contributed by atoms with van der Waals surface area (Å²) in [6.45, 7) is 7.23. The van der Waals surface area contributed by atoms with E-state index in [1.807, 2.05) is 13.8 Å². The lowest BCUT2D eigenvalue weighted by molar-refractivity contribution is -0.130. The van der Waals surface area contributed by atoms with Crippen LogP contribution in [0.25, 0.3) is 0 Å². The number of likely N-dealkylation sites (N-methyl/N-ethyl adjacent to an activating group) is 1. The second-order valence-electron chi connectivity index (χ2n) is 8.00. The van der Waals surface area contributed by atoms with Crippen molar-refractivity contribution in [3.8, 4) is 0 Å². The molecule has 2 N–H and O–H groups in total. The zero-order valence-corrected chi connectivity index (χ0v) is 20.6. The highest BCUT2D eigenvalue weighted by Crippen LogP contribution is 2.17. The van der Waals surface area contributed by atoms with Crippen molar-refractivity contribution < 1.29 is 23.2 Å². The predicted molar refractivity (Wildman–Crippen MR) is 129 cm³/mol. The van der Waals surface area contributed by atoms with Gasteiger partial charge in [-0.2, -0.15) is 0 Å². The second kappa shape index (κ2) is 13.7. The summed E-state index contributed by atoms with van der Waals surface area (Å²) in [5, 5.41) is 7.39. The Balaban J connectivity index is 1.95. The smallest absolute Gasteiger partial charge is 0.248 e. The van der Waals surface area contributed by atoms with Crippen LogP contribution < -0.4 is 10.6 Å². The lowest BCUT2D eigenvalue weighted by atomic mass is 10.1. The van der Waals surface area contributed by atoms with Gasteiger partial charge in [0.2, 0.25) is 17.7 Å². The van der Waals surface area contributed by atoms with Crippen LogP contribution in [0.2, 0.25) is 0 Å². The maximum atomic E-state index is 13.4. The van der Waals surface area contributed by atoms with Gasteiger partial charge in [-0.3, -0.25) is 14.4 Å². The van der Waals surface area contributed by atoms with E-state index in [4.69, 9.17) is 0 Å². The average molecular weight is 495 g/mol. The van der Waals surface area contributed by atoms with Crippen LogP contribution in [0.4, 0.5) is 13.9 Å². The number of carbonyl (C=O) groups is 3. The molecule has 0 bridgehead atoms. The molecule has 1 unspecified atom stereocenters. The number of amides is 3. The Hall–Kier alpha value is -2.88. The molecule has 0 spiro atoms.